The van der Waals surface area contributed by atoms with Crippen LogP contribution in [-0.4, -0.2) is 47.2 Å². The number of rotatable bonds is 3. The van der Waals surface area contributed by atoms with Crippen LogP contribution in [0.2, 0.25) is 0 Å². The molecule has 154 valence electrons. The average Bonchev–Trinajstić information content (AvgIpc) is 2.84. The van der Waals surface area contributed by atoms with Crippen molar-refractivity contribution in [3.05, 3.63) is 0 Å². The summed E-state index contributed by atoms with van der Waals surface area (Å²) in [6.07, 6.45) is -1.19. The van der Waals surface area contributed by atoms with E-state index in [1.165, 1.54) is 0 Å². The first-order chi connectivity index (χ1) is 12.5. The molecule has 0 unspecified atom stereocenters. The Labute approximate surface area is 158 Å². The van der Waals surface area contributed by atoms with Crippen molar-refractivity contribution in [2.75, 3.05) is 13.1 Å². The number of alkyl halides is 3. The van der Waals surface area contributed by atoms with Crippen molar-refractivity contribution in [1.82, 2.24) is 10.4 Å². The Morgan fingerprint density at radius 1 is 1.15 bits per heavy atom. The summed E-state index contributed by atoms with van der Waals surface area (Å²) in [5.41, 5.74) is -0.998. The first-order valence-electron chi connectivity index (χ1n) is 9.88. The second kappa shape index (κ2) is 7.35. The molecule has 1 N–H and O–H groups in total. The van der Waals surface area contributed by atoms with Gasteiger partial charge in [0, 0.05) is 25.4 Å². The molecule has 1 aliphatic carbocycles. The van der Waals surface area contributed by atoms with Gasteiger partial charge in [-0.15, -0.1) is 0 Å². The molecule has 5 nitrogen and oxygen atoms in total. The van der Waals surface area contributed by atoms with Gasteiger partial charge in [-0.2, -0.15) is 18.2 Å². The van der Waals surface area contributed by atoms with Gasteiger partial charge < -0.3 is 5.32 Å². The molecule has 0 atom stereocenters. The zero-order chi connectivity index (χ0) is 19.9. The topological polar surface area (TPSA) is 53.9 Å². The number of nitrogens with one attached hydrogen (secondary N) is 1. The third-order valence-electron chi connectivity index (χ3n) is 5.70. The van der Waals surface area contributed by atoms with Crippen LogP contribution in [-0.2, 0) is 9.63 Å². The van der Waals surface area contributed by atoms with Gasteiger partial charge in [0.2, 0.25) is 0 Å². The number of amides is 1. The number of aliphatic imine (C=N–C) groups is 1. The van der Waals surface area contributed by atoms with Crippen LogP contribution in [0.3, 0.4) is 0 Å². The van der Waals surface area contributed by atoms with Gasteiger partial charge in [0.25, 0.3) is 5.91 Å². The van der Waals surface area contributed by atoms with E-state index in [-0.39, 0.29) is 23.3 Å². The highest BCUT2D eigenvalue weighted by Gasteiger charge is 2.47. The van der Waals surface area contributed by atoms with Gasteiger partial charge in [-0.05, 0) is 65.2 Å². The van der Waals surface area contributed by atoms with E-state index in [1.54, 1.807) is 0 Å². The van der Waals surface area contributed by atoms with Crippen LogP contribution in [0.15, 0.2) is 4.99 Å². The predicted molar refractivity (Wildman–Crippen MR) is 96.1 cm³/mol. The number of halogens is 3. The third-order valence-corrected chi connectivity index (χ3v) is 5.70. The van der Waals surface area contributed by atoms with Crippen molar-refractivity contribution in [2.45, 2.75) is 83.0 Å². The van der Waals surface area contributed by atoms with Crippen molar-refractivity contribution < 1.29 is 22.8 Å². The van der Waals surface area contributed by atoms with Crippen molar-refractivity contribution in [3.63, 3.8) is 0 Å². The van der Waals surface area contributed by atoms with Crippen molar-refractivity contribution in [3.8, 4) is 0 Å². The van der Waals surface area contributed by atoms with E-state index >= 15 is 0 Å². The quantitative estimate of drug-likeness (QED) is 0.798. The van der Waals surface area contributed by atoms with Crippen LogP contribution in [0.5, 0.6) is 0 Å². The predicted octanol–water partition coefficient (Wildman–Crippen LogP) is 3.84. The van der Waals surface area contributed by atoms with Crippen LogP contribution in [0, 0.1) is 11.8 Å². The van der Waals surface area contributed by atoms with E-state index in [4.69, 9.17) is 9.83 Å². The minimum Gasteiger partial charge on any atom is -0.312 e. The second-order valence-corrected chi connectivity index (χ2v) is 9.15. The van der Waals surface area contributed by atoms with E-state index in [2.05, 4.69) is 5.32 Å². The summed E-state index contributed by atoms with van der Waals surface area (Å²) < 4.78 is 37.7. The highest BCUT2D eigenvalue weighted by atomic mass is 19.4. The zero-order valence-corrected chi connectivity index (χ0v) is 16.4. The van der Waals surface area contributed by atoms with Gasteiger partial charge in [-0.25, -0.2) is 0 Å². The fraction of sp³-hybridized carbons (Fsp3) is 0.895. The molecule has 0 aromatic heterocycles. The Kier molecular flexibility index (Phi) is 5.60. The first kappa shape index (κ1) is 20.6. The molecule has 8 heteroatoms. The van der Waals surface area contributed by atoms with E-state index in [0.29, 0.717) is 57.5 Å². The maximum Gasteiger partial charge on any atom is 0.389 e. The lowest BCUT2D eigenvalue weighted by molar-refractivity contribution is -0.238. The summed E-state index contributed by atoms with van der Waals surface area (Å²) in [5, 5.41) is 4.84. The summed E-state index contributed by atoms with van der Waals surface area (Å²) in [4.78, 5) is 23.3. The highest BCUT2D eigenvalue weighted by molar-refractivity contribution is 6.09. The van der Waals surface area contributed by atoms with Gasteiger partial charge in [0.15, 0.2) is 0 Å². The molecule has 3 rings (SSSR count). The lowest BCUT2D eigenvalue weighted by Gasteiger charge is -2.37. The Balaban J connectivity index is 1.56. The second-order valence-electron chi connectivity index (χ2n) is 9.15. The average molecular weight is 389 g/mol. The van der Waals surface area contributed by atoms with Crippen LogP contribution >= 0.6 is 0 Å². The Morgan fingerprint density at radius 3 is 2.26 bits per heavy atom. The zero-order valence-electron chi connectivity index (χ0n) is 16.4. The minimum atomic E-state index is -4.09. The molecule has 0 bridgehead atoms. The van der Waals surface area contributed by atoms with Crippen molar-refractivity contribution >= 4 is 11.7 Å². The Morgan fingerprint density at radius 2 is 1.74 bits per heavy atom. The normalized spacial score (nSPS) is 29.7. The molecular formula is C19H30F3N3O2. The molecule has 2 fully saturated rings. The standard InChI is InChI=1S/C19H30F3N3O2/c1-17(2,3)27-25-10-8-18(9-11-25)16(26)23-15(24-18)14-6-4-13(5-7-14)12-19(20,21)22/h13-14H,4-12H2,1-3H3,(H,23,24,26)/t13-,14-. The molecular weight excluding hydrogens is 359 g/mol. The van der Waals surface area contributed by atoms with Crippen LogP contribution in [0.4, 0.5) is 13.2 Å². The fourth-order valence-electron chi connectivity index (χ4n) is 4.38. The minimum absolute atomic E-state index is 0.0645. The summed E-state index contributed by atoms with van der Waals surface area (Å²) in [6, 6.07) is 0. The van der Waals surface area contributed by atoms with Gasteiger partial charge >= 0.3 is 6.18 Å². The first-order valence-corrected chi connectivity index (χ1v) is 9.88. The lowest BCUT2D eigenvalue weighted by atomic mass is 9.80. The highest BCUT2D eigenvalue weighted by Crippen LogP contribution is 2.39. The molecule has 0 aromatic rings. The fourth-order valence-corrected chi connectivity index (χ4v) is 4.38. The summed E-state index contributed by atoms with van der Waals surface area (Å²) in [6.45, 7) is 7.25. The van der Waals surface area contributed by atoms with Gasteiger partial charge in [-0.1, -0.05) is 0 Å². The number of hydrogen-bond donors (Lipinski definition) is 1. The number of hydrogen-bond acceptors (Lipinski definition) is 4. The van der Waals surface area contributed by atoms with Crippen LogP contribution in [0.1, 0.15) is 65.7 Å². The van der Waals surface area contributed by atoms with Crippen molar-refractivity contribution in [2.24, 2.45) is 16.8 Å². The number of hydroxylamine groups is 2. The molecule has 2 heterocycles. The Hall–Kier alpha value is -1.15. The lowest BCUT2D eigenvalue weighted by Crippen LogP contribution is -2.50. The third kappa shape index (κ3) is 5.22. The SMILES string of the molecule is CC(C)(C)ON1CCC2(CC1)N=C([C@H]1CC[C@H](CC(F)(F)F)CC1)NC2=O. The summed E-state index contributed by atoms with van der Waals surface area (Å²) in [7, 11) is 0. The molecule has 1 amide bonds. The number of amidine groups is 1. The Bertz CT molecular complexity index is 582. The van der Waals surface area contributed by atoms with Crippen molar-refractivity contribution in [1.29, 1.82) is 0 Å². The number of piperidine rings is 1. The van der Waals surface area contributed by atoms with Crippen LogP contribution in [0.25, 0.3) is 0 Å². The van der Waals surface area contributed by atoms with Crippen LogP contribution < -0.4 is 5.32 Å². The molecule has 3 aliphatic rings. The molecule has 1 spiro atoms. The van der Waals surface area contributed by atoms with Gasteiger partial charge in [-0.3, -0.25) is 14.6 Å². The summed E-state index contributed by atoms with van der Waals surface area (Å²) >= 11 is 0. The van der Waals surface area contributed by atoms with Gasteiger partial charge in [0.1, 0.15) is 11.4 Å². The number of carbonyl (C=O) groups is 1. The maximum atomic E-state index is 12.6. The largest absolute Gasteiger partial charge is 0.389 e. The van der Waals surface area contributed by atoms with E-state index < -0.39 is 18.1 Å². The van der Waals surface area contributed by atoms with Gasteiger partial charge in [0.05, 0.1) is 5.60 Å². The smallest absolute Gasteiger partial charge is 0.312 e. The maximum absolute atomic E-state index is 12.6. The van der Waals surface area contributed by atoms with E-state index in [0.717, 1.165) is 0 Å². The summed E-state index contributed by atoms with van der Waals surface area (Å²) in [5.74, 6) is 0.397. The van der Waals surface area contributed by atoms with E-state index in [1.807, 2.05) is 25.8 Å². The number of carbonyl (C=O) groups excluding carboxylic acids is 1. The van der Waals surface area contributed by atoms with E-state index in [9.17, 15) is 18.0 Å². The monoisotopic (exact) mass is 389 g/mol. The molecule has 1 saturated heterocycles. The molecule has 2 aliphatic heterocycles. The molecule has 0 radical (unpaired) electrons. The molecule has 27 heavy (non-hydrogen) atoms. The number of nitrogens with zero attached hydrogens (tertiary/aromatic N) is 2. The molecule has 1 saturated carbocycles. The molecule has 0 aromatic carbocycles.